The Labute approximate surface area is 142 Å². The topological polar surface area (TPSA) is 43.4 Å². The van der Waals surface area contributed by atoms with E-state index in [9.17, 15) is 9.59 Å². The van der Waals surface area contributed by atoms with Crippen LogP contribution in [0.1, 0.15) is 39.5 Å². The van der Waals surface area contributed by atoms with Gasteiger partial charge in [0.25, 0.3) is 0 Å². The third kappa shape index (κ3) is 2.79. The van der Waals surface area contributed by atoms with Crippen LogP contribution in [0.15, 0.2) is 36.4 Å². The Kier molecular flexibility index (Phi) is 4.29. The van der Waals surface area contributed by atoms with Gasteiger partial charge in [-0.3, -0.25) is 9.59 Å². The lowest BCUT2D eigenvalue weighted by Gasteiger charge is -2.11. The molecule has 1 aliphatic rings. The lowest BCUT2D eigenvalue weighted by Crippen LogP contribution is -2.09. The first-order valence-corrected chi connectivity index (χ1v) is 8.22. The molecule has 4 heteroatoms. The Balaban J connectivity index is 2.07. The fraction of sp³-hybridized carbons (Fsp3) is 0.222. The number of halogens is 1. The molecule has 0 bridgehead atoms. The molecule has 0 fully saturated rings. The third-order valence-corrected chi connectivity index (χ3v) is 4.82. The maximum Gasteiger partial charge on any atom is 0.302 e. The quantitative estimate of drug-likeness (QED) is 0.565. The summed E-state index contributed by atoms with van der Waals surface area (Å²) in [7, 11) is 0. The van der Waals surface area contributed by atoms with Crippen molar-refractivity contribution >= 4 is 34.3 Å². The first-order valence-electron chi connectivity index (χ1n) is 7.14. The van der Waals surface area contributed by atoms with Crippen molar-refractivity contribution in [2.24, 2.45) is 0 Å². The number of hydrogen-bond donors (Lipinski definition) is 0. The average Bonchev–Trinajstić information content (AvgIpc) is 2.64. The van der Waals surface area contributed by atoms with E-state index in [-0.39, 0.29) is 18.4 Å². The number of esters is 1. The molecule has 3 rings (SSSR count). The predicted octanol–water partition coefficient (Wildman–Crippen LogP) is 3.68. The maximum absolute atomic E-state index is 12.9. The van der Waals surface area contributed by atoms with Gasteiger partial charge >= 0.3 is 5.97 Å². The molecule has 112 valence electrons. The second-order valence-corrected chi connectivity index (χ2v) is 6.49. The van der Waals surface area contributed by atoms with E-state index >= 15 is 0 Å². The van der Waals surface area contributed by atoms with Gasteiger partial charge in [0.2, 0.25) is 0 Å². The van der Waals surface area contributed by atoms with Gasteiger partial charge in [-0.25, -0.2) is 0 Å². The second kappa shape index (κ2) is 6.20. The van der Waals surface area contributed by atoms with Crippen molar-refractivity contribution in [1.29, 1.82) is 0 Å². The van der Waals surface area contributed by atoms with Gasteiger partial charge in [-0.2, -0.15) is 0 Å². The fourth-order valence-electron chi connectivity index (χ4n) is 2.88. The summed E-state index contributed by atoms with van der Waals surface area (Å²) in [5.41, 5.74) is 4.55. The molecule has 22 heavy (non-hydrogen) atoms. The van der Waals surface area contributed by atoms with E-state index in [0.29, 0.717) is 0 Å². The number of carbonyl (C=O) groups is 2. The van der Waals surface area contributed by atoms with Crippen LogP contribution in [0.5, 0.6) is 0 Å². The molecule has 0 saturated heterocycles. The maximum atomic E-state index is 12.9. The second-order valence-electron chi connectivity index (χ2n) is 5.33. The van der Waals surface area contributed by atoms with Crippen molar-refractivity contribution in [2.75, 3.05) is 0 Å². The predicted molar refractivity (Wildman–Crippen MR) is 91.9 cm³/mol. The normalized spacial score (nSPS) is 13.1. The number of ether oxygens (including phenoxy) is 1. The molecule has 0 atom stereocenters. The molecule has 0 heterocycles. The highest BCUT2D eigenvalue weighted by Gasteiger charge is 2.24. The SMILES string of the molecule is CC(=O)OCc1cccc2c1CCc1cccc(I)c1C2=O. The Morgan fingerprint density at radius 2 is 1.95 bits per heavy atom. The van der Waals surface area contributed by atoms with E-state index in [1.807, 2.05) is 36.4 Å². The molecule has 2 aromatic carbocycles. The third-order valence-electron chi connectivity index (χ3n) is 3.92. The van der Waals surface area contributed by atoms with Crippen molar-refractivity contribution < 1.29 is 14.3 Å². The summed E-state index contributed by atoms with van der Waals surface area (Å²) in [5, 5.41) is 0. The molecule has 3 nitrogen and oxygen atoms in total. The minimum atomic E-state index is -0.310. The van der Waals surface area contributed by atoms with Crippen LogP contribution >= 0.6 is 22.6 Å². The lowest BCUT2D eigenvalue weighted by molar-refractivity contribution is -0.142. The molecule has 0 amide bonds. The Hall–Kier alpha value is -1.69. The largest absolute Gasteiger partial charge is 0.461 e. The molecule has 0 unspecified atom stereocenters. The smallest absolute Gasteiger partial charge is 0.302 e. The molecule has 2 aromatic rings. The number of ketones is 1. The molecule has 0 aliphatic heterocycles. The van der Waals surface area contributed by atoms with E-state index in [4.69, 9.17) is 4.74 Å². The molecule has 1 aliphatic carbocycles. The number of fused-ring (bicyclic) bond motifs is 2. The molecule has 0 N–H and O–H groups in total. The number of rotatable bonds is 2. The highest BCUT2D eigenvalue weighted by Crippen LogP contribution is 2.29. The summed E-state index contributed by atoms with van der Waals surface area (Å²) in [4.78, 5) is 24.0. The molecule has 0 spiro atoms. The zero-order chi connectivity index (χ0) is 15.7. The lowest BCUT2D eigenvalue weighted by atomic mass is 9.95. The zero-order valence-corrected chi connectivity index (χ0v) is 14.3. The summed E-state index contributed by atoms with van der Waals surface area (Å²) in [6.45, 7) is 1.62. The Morgan fingerprint density at radius 3 is 2.73 bits per heavy atom. The van der Waals surface area contributed by atoms with Crippen LogP contribution in [0.4, 0.5) is 0 Å². The monoisotopic (exact) mass is 406 g/mol. The number of aryl methyl sites for hydroxylation is 1. The van der Waals surface area contributed by atoms with E-state index in [1.54, 1.807) is 0 Å². The first-order chi connectivity index (χ1) is 10.6. The summed E-state index contributed by atoms with van der Waals surface area (Å²) in [6, 6.07) is 11.6. The highest BCUT2D eigenvalue weighted by atomic mass is 127. The van der Waals surface area contributed by atoms with Gasteiger partial charge in [0.05, 0.1) is 0 Å². The summed E-state index contributed by atoms with van der Waals surface area (Å²) in [6.07, 6.45) is 1.60. The Morgan fingerprint density at radius 1 is 1.18 bits per heavy atom. The number of carbonyl (C=O) groups excluding carboxylic acids is 2. The van der Waals surface area contributed by atoms with Crippen LogP contribution in [0.25, 0.3) is 0 Å². The summed E-state index contributed by atoms with van der Waals surface area (Å²) in [5.74, 6) is -0.243. The van der Waals surface area contributed by atoms with Crippen LogP contribution in [0.2, 0.25) is 0 Å². The number of hydrogen-bond acceptors (Lipinski definition) is 3. The van der Waals surface area contributed by atoms with Crippen molar-refractivity contribution in [3.05, 3.63) is 67.8 Å². The highest BCUT2D eigenvalue weighted by molar-refractivity contribution is 14.1. The van der Waals surface area contributed by atoms with Crippen molar-refractivity contribution in [3.63, 3.8) is 0 Å². The van der Waals surface area contributed by atoms with E-state index < -0.39 is 0 Å². The molecule has 0 radical (unpaired) electrons. The standard InChI is InChI=1S/C18H15IO3/c1-11(20)22-10-13-5-2-6-15-14(13)9-8-12-4-3-7-16(19)17(12)18(15)21/h2-7H,8-10H2,1H3. The van der Waals surface area contributed by atoms with Gasteiger partial charge in [-0.05, 0) is 58.2 Å². The Bertz CT molecular complexity index is 765. The van der Waals surface area contributed by atoms with Gasteiger partial charge in [0.1, 0.15) is 6.61 Å². The van der Waals surface area contributed by atoms with Gasteiger partial charge in [-0.15, -0.1) is 0 Å². The fourth-order valence-corrected chi connectivity index (χ4v) is 3.68. The minimum Gasteiger partial charge on any atom is -0.461 e. The van der Waals surface area contributed by atoms with Crippen LogP contribution < -0.4 is 0 Å². The number of benzene rings is 2. The van der Waals surface area contributed by atoms with Gasteiger partial charge in [-0.1, -0.05) is 30.3 Å². The summed E-state index contributed by atoms with van der Waals surface area (Å²) < 4.78 is 6.10. The minimum absolute atomic E-state index is 0.0668. The van der Waals surface area contributed by atoms with Crippen LogP contribution in [-0.2, 0) is 29.0 Å². The van der Waals surface area contributed by atoms with E-state index in [0.717, 1.165) is 44.2 Å². The van der Waals surface area contributed by atoms with E-state index in [2.05, 4.69) is 22.6 Å². The average molecular weight is 406 g/mol. The van der Waals surface area contributed by atoms with Crippen molar-refractivity contribution in [1.82, 2.24) is 0 Å². The van der Waals surface area contributed by atoms with Gasteiger partial charge in [0, 0.05) is 21.6 Å². The van der Waals surface area contributed by atoms with Crippen molar-refractivity contribution in [2.45, 2.75) is 26.4 Å². The van der Waals surface area contributed by atoms with Crippen molar-refractivity contribution in [3.8, 4) is 0 Å². The first kappa shape index (κ1) is 15.2. The van der Waals surface area contributed by atoms with Crippen LogP contribution in [0.3, 0.4) is 0 Å². The zero-order valence-electron chi connectivity index (χ0n) is 12.2. The molecule has 0 saturated carbocycles. The van der Waals surface area contributed by atoms with Crippen LogP contribution in [-0.4, -0.2) is 11.8 Å². The molecule has 0 aromatic heterocycles. The molecular weight excluding hydrogens is 391 g/mol. The summed E-state index contributed by atoms with van der Waals surface area (Å²) >= 11 is 2.22. The van der Waals surface area contributed by atoms with Gasteiger partial charge in [0.15, 0.2) is 5.78 Å². The van der Waals surface area contributed by atoms with Gasteiger partial charge < -0.3 is 4.74 Å². The molecular formula is C18H15IO3. The van der Waals surface area contributed by atoms with Crippen LogP contribution in [0, 0.1) is 3.57 Å². The van der Waals surface area contributed by atoms with E-state index in [1.165, 1.54) is 6.92 Å².